The van der Waals surface area contributed by atoms with Crippen LogP contribution in [0.15, 0.2) is 24.3 Å². The molecular weight excluding hydrogens is 360 g/mol. The molecule has 0 aromatic heterocycles. The van der Waals surface area contributed by atoms with Crippen LogP contribution in [0.1, 0.15) is 138 Å². The molecule has 0 aromatic rings. The zero-order valence-corrected chi connectivity index (χ0v) is 22.1. The van der Waals surface area contributed by atoms with Crippen LogP contribution < -0.4 is 0 Å². The second kappa shape index (κ2) is 19.2. The summed E-state index contributed by atoms with van der Waals surface area (Å²) in [6.45, 7) is 21.0. The molecular formula is C30H58. The molecule has 0 heteroatoms. The van der Waals surface area contributed by atoms with Crippen molar-refractivity contribution in [1.82, 2.24) is 0 Å². The standard InChI is InChI=1S/C30H58/c1-25(2)18-16-14-12-10-9-11-13-15-17-19-30(29(8)23-21-27(5)6)24-28(7)22-20-26(3)4/h11,13,25-27,29-30H,7,9-10,12,14-24H2,1-6,8H3/b13-11+. The van der Waals surface area contributed by atoms with Crippen molar-refractivity contribution in [1.29, 1.82) is 0 Å². The van der Waals surface area contributed by atoms with E-state index < -0.39 is 0 Å². The van der Waals surface area contributed by atoms with Gasteiger partial charge in [-0.25, -0.2) is 0 Å². The van der Waals surface area contributed by atoms with E-state index in [2.05, 4.69) is 67.2 Å². The summed E-state index contributed by atoms with van der Waals surface area (Å²) in [5.41, 5.74) is 1.50. The molecule has 0 spiro atoms. The molecule has 0 radical (unpaired) electrons. The number of hydrogen-bond acceptors (Lipinski definition) is 0. The molecule has 0 aliphatic rings. The Kier molecular flexibility index (Phi) is 18.9. The zero-order valence-electron chi connectivity index (χ0n) is 22.1. The Morgan fingerprint density at radius 3 is 1.77 bits per heavy atom. The molecule has 0 amide bonds. The van der Waals surface area contributed by atoms with Crippen LogP contribution in [0.4, 0.5) is 0 Å². The van der Waals surface area contributed by atoms with Gasteiger partial charge in [-0.05, 0) is 81.0 Å². The van der Waals surface area contributed by atoms with Gasteiger partial charge in [-0.2, -0.15) is 0 Å². The van der Waals surface area contributed by atoms with Crippen LogP contribution in [-0.4, -0.2) is 0 Å². The SMILES string of the molecule is C=C(CCC(C)C)CC(CCC/C=C/CCCCCCC(C)C)C(C)CCC(C)C. The average Bonchev–Trinajstić information content (AvgIpc) is 2.67. The minimum absolute atomic E-state index is 0.791. The van der Waals surface area contributed by atoms with Crippen molar-refractivity contribution in [2.45, 2.75) is 138 Å². The van der Waals surface area contributed by atoms with Gasteiger partial charge in [0.2, 0.25) is 0 Å². The molecule has 178 valence electrons. The Balaban J connectivity index is 4.16. The molecule has 0 aromatic carbocycles. The maximum atomic E-state index is 4.44. The first-order chi connectivity index (χ1) is 14.2. The van der Waals surface area contributed by atoms with Gasteiger partial charge in [0.15, 0.2) is 0 Å². The van der Waals surface area contributed by atoms with Crippen molar-refractivity contribution in [3.8, 4) is 0 Å². The summed E-state index contributed by atoms with van der Waals surface area (Å²) in [4.78, 5) is 0. The van der Waals surface area contributed by atoms with Crippen molar-refractivity contribution < 1.29 is 0 Å². The predicted octanol–water partition coefficient (Wildman–Crippen LogP) is 10.8. The van der Waals surface area contributed by atoms with E-state index in [1.807, 2.05) is 0 Å². The van der Waals surface area contributed by atoms with Crippen molar-refractivity contribution in [3.05, 3.63) is 24.3 Å². The molecule has 0 nitrogen and oxygen atoms in total. The quantitative estimate of drug-likeness (QED) is 0.136. The first-order valence-electron chi connectivity index (χ1n) is 13.5. The maximum absolute atomic E-state index is 4.44. The summed E-state index contributed by atoms with van der Waals surface area (Å²) in [5.74, 6) is 4.15. The van der Waals surface area contributed by atoms with Crippen LogP contribution in [0.2, 0.25) is 0 Å². The molecule has 0 aliphatic carbocycles. The van der Waals surface area contributed by atoms with Crippen molar-refractivity contribution in [2.75, 3.05) is 0 Å². The predicted molar refractivity (Wildman–Crippen MR) is 140 cm³/mol. The van der Waals surface area contributed by atoms with E-state index in [1.54, 1.807) is 0 Å². The minimum atomic E-state index is 0.791. The fourth-order valence-electron chi connectivity index (χ4n) is 4.29. The highest BCUT2D eigenvalue weighted by Crippen LogP contribution is 2.31. The topological polar surface area (TPSA) is 0 Å². The lowest BCUT2D eigenvalue weighted by atomic mass is 9.80. The molecule has 0 saturated carbocycles. The molecule has 0 saturated heterocycles. The summed E-state index contributed by atoms with van der Waals surface area (Å²) >= 11 is 0. The Morgan fingerprint density at radius 1 is 0.600 bits per heavy atom. The monoisotopic (exact) mass is 418 g/mol. The largest absolute Gasteiger partial charge is 0.0999 e. The molecule has 0 rings (SSSR count). The number of unbranched alkanes of at least 4 members (excludes halogenated alkanes) is 5. The summed E-state index contributed by atoms with van der Waals surface area (Å²) < 4.78 is 0. The van der Waals surface area contributed by atoms with E-state index in [0.717, 1.165) is 29.6 Å². The molecule has 0 N–H and O–H groups in total. The maximum Gasteiger partial charge on any atom is -0.0292 e. The van der Waals surface area contributed by atoms with E-state index in [0.29, 0.717) is 0 Å². The van der Waals surface area contributed by atoms with E-state index in [4.69, 9.17) is 0 Å². The summed E-state index contributed by atoms with van der Waals surface area (Å²) in [6.07, 6.45) is 23.7. The Bertz CT molecular complexity index is 412. The van der Waals surface area contributed by atoms with E-state index in [1.165, 1.54) is 95.5 Å². The molecule has 0 aliphatic heterocycles. The Morgan fingerprint density at radius 2 is 1.17 bits per heavy atom. The molecule has 0 heterocycles. The first-order valence-corrected chi connectivity index (χ1v) is 13.5. The average molecular weight is 419 g/mol. The number of rotatable bonds is 20. The van der Waals surface area contributed by atoms with E-state index in [-0.39, 0.29) is 0 Å². The summed E-state index contributed by atoms with van der Waals surface area (Å²) in [6, 6.07) is 0. The van der Waals surface area contributed by atoms with E-state index in [9.17, 15) is 0 Å². The molecule has 0 fully saturated rings. The van der Waals surface area contributed by atoms with Crippen LogP contribution >= 0.6 is 0 Å². The minimum Gasteiger partial charge on any atom is -0.0999 e. The molecule has 2 atom stereocenters. The van der Waals surface area contributed by atoms with Gasteiger partial charge in [0.25, 0.3) is 0 Å². The highest BCUT2D eigenvalue weighted by atomic mass is 14.2. The third-order valence-electron chi connectivity index (χ3n) is 6.64. The van der Waals surface area contributed by atoms with Gasteiger partial charge in [0.05, 0.1) is 0 Å². The van der Waals surface area contributed by atoms with Crippen molar-refractivity contribution >= 4 is 0 Å². The van der Waals surface area contributed by atoms with Crippen LogP contribution in [0.3, 0.4) is 0 Å². The van der Waals surface area contributed by atoms with Gasteiger partial charge >= 0.3 is 0 Å². The fraction of sp³-hybridized carbons (Fsp3) is 0.867. The summed E-state index contributed by atoms with van der Waals surface area (Å²) in [7, 11) is 0. The van der Waals surface area contributed by atoms with Gasteiger partial charge < -0.3 is 0 Å². The van der Waals surface area contributed by atoms with Gasteiger partial charge in [-0.3, -0.25) is 0 Å². The van der Waals surface area contributed by atoms with Gasteiger partial charge in [0.1, 0.15) is 0 Å². The first kappa shape index (κ1) is 29.5. The highest BCUT2D eigenvalue weighted by Gasteiger charge is 2.18. The third kappa shape index (κ3) is 19.4. The second-order valence-corrected chi connectivity index (χ2v) is 11.4. The Labute approximate surface area is 192 Å². The van der Waals surface area contributed by atoms with Gasteiger partial charge in [-0.15, -0.1) is 0 Å². The zero-order chi connectivity index (χ0) is 22.8. The van der Waals surface area contributed by atoms with Gasteiger partial charge in [-0.1, -0.05) is 111 Å². The lowest BCUT2D eigenvalue weighted by Gasteiger charge is -2.26. The van der Waals surface area contributed by atoms with Crippen LogP contribution in [0, 0.1) is 29.6 Å². The number of allylic oxidation sites excluding steroid dienone is 3. The molecule has 2 unspecified atom stereocenters. The van der Waals surface area contributed by atoms with Crippen LogP contribution in [-0.2, 0) is 0 Å². The molecule has 0 bridgehead atoms. The Hall–Kier alpha value is -0.520. The van der Waals surface area contributed by atoms with Gasteiger partial charge in [0, 0.05) is 0 Å². The number of hydrogen-bond donors (Lipinski definition) is 0. The van der Waals surface area contributed by atoms with Crippen LogP contribution in [0.5, 0.6) is 0 Å². The lowest BCUT2D eigenvalue weighted by Crippen LogP contribution is -2.14. The lowest BCUT2D eigenvalue weighted by molar-refractivity contribution is 0.289. The normalized spacial score (nSPS) is 14.3. The fourth-order valence-corrected chi connectivity index (χ4v) is 4.29. The van der Waals surface area contributed by atoms with E-state index >= 15 is 0 Å². The second-order valence-electron chi connectivity index (χ2n) is 11.4. The third-order valence-corrected chi connectivity index (χ3v) is 6.64. The van der Waals surface area contributed by atoms with Crippen molar-refractivity contribution in [2.24, 2.45) is 29.6 Å². The molecule has 30 heavy (non-hydrogen) atoms. The smallest absolute Gasteiger partial charge is 0.0292 e. The summed E-state index contributed by atoms with van der Waals surface area (Å²) in [5, 5.41) is 0. The van der Waals surface area contributed by atoms with Crippen LogP contribution in [0.25, 0.3) is 0 Å². The highest BCUT2D eigenvalue weighted by molar-refractivity contribution is 4.97. The van der Waals surface area contributed by atoms with Crippen molar-refractivity contribution in [3.63, 3.8) is 0 Å².